The maximum absolute atomic E-state index is 14.5. The quantitative estimate of drug-likeness (QED) is 0.294. The van der Waals surface area contributed by atoms with E-state index in [1.807, 2.05) is 6.92 Å². The Hall–Kier alpha value is -2.90. The van der Waals surface area contributed by atoms with Crippen LogP contribution in [0.1, 0.15) is 15.9 Å². The average molecular weight is 457 g/mol. The number of halogens is 5. The van der Waals surface area contributed by atoms with E-state index in [2.05, 4.69) is 4.74 Å². The molecule has 0 aliphatic rings. The van der Waals surface area contributed by atoms with Gasteiger partial charge in [-0.15, -0.1) is 0 Å². The van der Waals surface area contributed by atoms with E-state index in [9.17, 15) is 18.0 Å². The Morgan fingerprint density at radius 2 is 1.53 bits per heavy atom. The number of rotatable bonds is 6. The van der Waals surface area contributed by atoms with Gasteiger partial charge in [0.15, 0.2) is 0 Å². The maximum atomic E-state index is 14.5. The minimum absolute atomic E-state index is 0.0729. The van der Waals surface area contributed by atoms with E-state index in [4.69, 9.17) is 32.7 Å². The van der Waals surface area contributed by atoms with Crippen LogP contribution in [0.25, 0.3) is 0 Å². The Balaban J connectivity index is 1.78. The summed E-state index contributed by atoms with van der Waals surface area (Å²) in [6.07, 6.45) is 0. The number of aryl methyl sites for hydroxylation is 1. The van der Waals surface area contributed by atoms with Crippen LogP contribution in [0.2, 0.25) is 10.0 Å². The van der Waals surface area contributed by atoms with Crippen LogP contribution in [0, 0.1) is 12.7 Å². The van der Waals surface area contributed by atoms with Crippen molar-refractivity contribution in [3.63, 3.8) is 0 Å². The summed E-state index contributed by atoms with van der Waals surface area (Å²) in [6, 6.07) is 12.3. The molecular weight excluding hydrogens is 444 g/mol. The van der Waals surface area contributed by atoms with E-state index >= 15 is 0 Å². The van der Waals surface area contributed by atoms with Crippen molar-refractivity contribution in [2.45, 2.75) is 13.5 Å². The molecule has 3 rings (SSSR count). The van der Waals surface area contributed by atoms with E-state index in [1.165, 1.54) is 18.2 Å². The molecule has 0 aliphatic heterocycles. The first-order valence-corrected chi connectivity index (χ1v) is 9.18. The lowest BCUT2D eigenvalue weighted by Gasteiger charge is -2.12. The lowest BCUT2D eigenvalue weighted by Crippen LogP contribution is -2.11. The van der Waals surface area contributed by atoms with Gasteiger partial charge in [-0.2, -0.15) is 8.78 Å². The summed E-state index contributed by atoms with van der Waals surface area (Å²) in [6.45, 7) is -1.17. The topological polar surface area (TPSA) is 44.8 Å². The van der Waals surface area contributed by atoms with Crippen molar-refractivity contribution < 1.29 is 32.2 Å². The largest absolute Gasteiger partial charge is 0.456 e. The fourth-order valence-electron chi connectivity index (χ4n) is 2.40. The third-order valence-electron chi connectivity index (χ3n) is 3.82. The molecule has 3 aromatic rings. The number of esters is 1. The monoisotopic (exact) mass is 456 g/mol. The van der Waals surface area contributed by atoms with Gasteiger partial charge in [0.05, 0.1) is 15.6 Å². The molecule has 9 heteroatoms. The Morgan fingerprint density at radius 3 is 2.17 bits per heavy atom. The molecule has 0 aliphatic carbocycles. The fraction of sp³-hybridized carbons (Fsp3) is 0.0952. The highest BCUT2D eigenvalue weighted by atomic mass is 35.5. The van der Waals surface area contributed by atoms with Crippen molar-refractivity contribution in [1.82, 2.24) is 0 Å². The van der Waals surface area contributed by atoms with Gasteiger partial charge in [0.1, 0.15) is 28.8 Å². The molecular formula is C21H13Cl2F3O4. The minimum Gasteiger partial charge on any atom is -0.456 e. The standard InChI is InChI=1S/C21H13Cl2F3O4/c1-11-2-4-12(5-3-11)29-20(27)14-9-16(23)19(10-17(14)24)28-13-6-7-18(15(22)8-13)30-21(25)26/h2-10,21H,1H3. The molecule has 0 heterocycles. The first kappa shape index (κ1) is 21.8. The molecule has 0 atom stereocenters. The summed E-state index contributed by atoms with van der Waals surface area (Å²) in [7, 11) is 0. The van der Waals surface area contributed by atoms with E-state index in [0.717, 1.165) is 17.7 Å². The second-order valence-electron chi connectivity index (χ2n) is 6.04. The lowest BCUT2D eigenvalue weighted by molar-refractivity contribution is -0.0498. The number of carbonyl (C=O) groups excluding carboxylic acids is 1. The molecule has 0 saturated carbocycles. The number of ether oxygens (including phenoxy) is 3. The van der Waals surface area contributed by atoms with Crippen LogP contribution in [0.15, 0.2) is 54.6 Å². The first-order valence-electron chi connectivity index (χ1n) is 8.43. The van der Waals surface area contributed by atoms with Crippen LogP contribution in [0.5, 0.6) is 23.0 Å². The predicted molar refractivity (Wildman–Crippen MR) is 106 cm³/mol. The number of alkyl halides is 2. The highest BCUT2D eigenvalue weighted by Gasteiger charge is 2.19. The number of benzene rings is 3. The average Bonchev–Trinajstić information content (AvgIpc) is 2.68. The minimum atomic E-state index is -3.04. The van der Waals surface area contributed by atoms with Gasteiger partial charge in [0.2, 0.25) is 0 Å². The Bertz CT molecular complexity index is 1070. The van der Waals surface area contributed by atoms with Crippen LogP contribution < -0.4 is 14.2 Å². The summed E-state index contributed by atoms with van der Waals surface area (Å²) >= 11 is 12.0. The molecule has 30 heavy (non-hydrogen) atoms. The zero-order valence-corrected chi connectivity index (χ0v) is 16.8. The Labute approximate surface area is 179 Å². The number of hydrogen-bond acceptors (Lipinski definition) is 4. The van der Waals surface area contributed by atoms with Crippen molar-refractivity contribution in [3.8, 4) is 23.0 Å². The number of hydrogen-bond donors (Lipinski definition) is 0. The van der Waals surface area contributed by atoms with Crippen LogP contribution in [0.3, 0.4) is 0 Å². The molecule has 0 amide bonds. The fourth-order valence-corrected chi connectivity index (χ4v) is 2.81. The summed E-state index contributed by atoms with van der Waals surface area (Å²) in [5.41, 5.74) is 0.589. The highest BCUT2D eigenvalue weighted by molar-refractivity contribution is 6.32. The predicted octanol–water partition coefficient (Wildman–Crippen LogP) is 7.05. The zero-order chi connectivity index (χ0) is 21.8. The van der Waals surface area contributed by atoms with Gasteiger partial charge in [0.25, 0.3) is 0 Å². The van der Waals surface area contributed by atoms with Crippen molar-refractivity contribution in [1.29, 1.82) is 0 Å². The molecule has 0 unspecified atom stereocenters. The number of carbonyl (C=O) groups is 1. The molecule has 4 nitrogen and oxygen atoms in total. The highest BCUT2D eigenvalue weighted by Crippen LogP contribution is 2.36. The van der Waals surface area contributed by atoms with Gasteiger partial charge in [-0.3, -0.25) is 0 Å². The smallest absolute Gasteiger partial charge is 0.387 e. The zero-order valence-electron chi connectivity index (χ0n) is 15.3. The van der Waals surface area contributed by atoms with Crippen LogP contribution in [-0.4, -0.2) is 12.6 Å². The molecule has 0 N–H and O–H groups in total. The summed E-state index contributed by atoms with van der Waals surface area (Å²) < 4.78 is 53.9. The molecule has 0 aromatic heterocycles. The molecule has 0 fully saturated rings. The van der Waals surface area contributed by atoms with Gasteiger partial charge in [-0.05, 0) is 37.3 Å². The van der Waals surface area contributed by atoms with Gasteiger partial charge < -0.3 is 14.2 Å². The normalized spacial score (nSPS) is 10.8. The van der Waals surface area contributed by atoms with E-state index in [0.29, 0.717) is 0 Å². The van der Waals surface area contributed by atoms with Gasteiger partial charge in [-0.25, -0.2) is 9.18 Å². The van der Waals surface area contributed by atoms with E-state index in [1.54, 1.807) is 24.3 Å². The summed E-state index contributed by atoms with van der Waals surface area (Å²) in [4.78, 5) is 12.3. The molecule has 0 radical (unpaired) electrons. The lowest BCUT2D eigenvalue weighted by atomic mass is 10.2. The van der Waals surface area contributed by atoms with Gasteiger partial charge in [0, 0.05) is 12.1 Å². The molecule has 3 aromatic carbocycles. The van der Waals surface area contributed by atoms with Crippen molar-refractivity contribution >= 4 is 29.2 Å². The Kier molecular flexibility index (Phi) is 6.74. The van der Waals surface area contributed by atoms with Gasteiger partial charge in [-0.1, -0.05) is 40.9 Å². The Morgan fingerprint density at radius 1 is 0.900 bits per heavy atom. The van der Waals surface area contributed by atoms with Crippen molar-refractivity contribution in [2.24, 2.45) is 0 Å². The van der Waals surface area contributed by atoms with Crippen LogP contribution in [0.4, 0.5) is 13.2 Å². The molecule has 156 valence electrons. The summed E-state index contributed by atoms with van der Waals surface area (Å²) in [5.74, 6) is -1.86. The van der Waals surface area contributed by atoms with Crippen molar-refractivity contribution in [2.75, 3.05) is 0 Å². The molecule has 0 spiro atoms. The first-order chi connectivity index (χ1) is 14.2. The van der Waals surface area contributed by atoms with E-state index < -0.39 is 18.4 Å². The van der Waals surface area contributed by atoms with Crippen LogP contribution >= 0.6 is 23.2 Å². The maximum Gasteiger partial charge on any atom is 0.387 e. The van der Waals surface area contributed by atoms with E-state index in [-0.39, 0.29) is 38.6 Å². The third-order valence-corrected chi connectivity index (χ3v) is 4.41. The second kappa shape index (κ2) is 9.28. The van der Waals surface area contributed by atoms with Crippen LogP contribution in [-0.2, 0) is 0 Å². The van der Waals surface area contributed by atoms with Crippen molar-refractivity contribution in [3.05, 3.63) is 81.6 Å². The second-order valence-corrected chi connectivity index (χ2v) is 6.85. The summed E-state index contributed by atoms with van der Waals surface area (Å²) in [5, 5.41) is -0.209. The van der Waals surface area contributed by atoms with Gasteiger partial charge >= 0.3 is 12.6 Å². The molecule has 0 saturated heterocycles. The molecule has 0 bridgehead atoms. The SMILES string of the molecule is Cc1ccc(OC(=O)c2cc(Cl)c(Oc3ccc(OC(F)F)c(Cl)c3)cc2F)cc1. The third kappa shape index (κ3) is 5.37.